The summed E-state index contributed by atoms with van der Waals surface area (Å²) < 4.78 is 5.75. The van der Waals surface area contributed by atoms with Gasteiger partial charge in [0.1, 0.15) is 23.4 Å². The zero-order valence-corrected chi connectivity index (χ0v) is 21.9. The van der Waals surface area contributed by atoms with Gasteiger partial charge >= 0.3 is 0 Å². The second kappa shape index (κ2) is 11.8. The van der Waals surface area contributed by atoms with E-state index in [1.807, 2.05) is 44.2 Å². The van der Waals surface area contributed by atoms with Crippen molar-refractivity contribution in [2.24, 2.45) is 11.1 Å². The second-order valence-corrected chi connectivity index (χ2v) is 10.2. The number of amides is 3. The van der Waals surface area contributed by atoms with Crippen LogP contribution in [0.4, 0.5) is 0 Å². The minimum absolute atomic E-state index is 0.0818. The molecule has 0 spiro atoms. The largest absolute Gasteiger partial charge is 0.457 e. The van der Waals surface area contributed by atoms with E-state index in [1.54, 1.807) is 36.4 Å². The number of pyridine rings is 1. The topological polar surface area (TPSA) is 150 Å². The number of nitrogen functional groups attached to an aromatic ring is 1. The fourth-order valence-electron chi connectivity index (χ4n) is 4.41. The summed E-state index contributed by atoms with van der Waals surface area (Å²) in [4.78, 5) is 44.5. The Bertz CT molecular complexity index is 1340. The van der Waals surface area contributed by atoms with Crippen LogP contribution >= 0.6 is 0 Å². The predicted molar refractivity (Wildman–Crippen MR) is 146 cm³/mol. The van der Waals surface area contributed by atoms with Gasteiger partial charge in [-0.2, -0.15) is 0 Å². The summed E-state index contributed by atoms with van der Waals surface area (Å²) in [6, 6.07) is 18.6. The van der Waals surface area contributed by atoms with Gasteiger partial charge in [-0.1, -0.05) is 32.0 Å². The first-order chi connectivity index (χ1) is 18.6. The van der Waals surface area contributed by atoms with Crippen molar-refractivity contribution in [1.82, 2.24) is 20.5 Å². The number of carbonyl (C=O) groups excluding carboxylic acids is 3. The van der Waals surface area contributed by atoms with Crippen molar-refractivity contribution in [3.63, 3.8) is 0 Å². The molecular weight excluding hydrogens is 496 g/mol. The van der Waals surface area contributed by atoms with Crippen LogP contribution in [0.25, 0.3) is 0 Å². The number of hydrogen-bond donors (Lipinski definition) is 4. The molecule has 2 aromatic carbocycles. The lowest BCUT2D eigenvalue weighted by Gasteiger charge is -2.24. The maximum Gasteiger partial charge on any atom is 0.251 e. The molecule has 0 aliphatic carbocycles. The van der Waals surface area contributed by atoms with Crippen LogP contribution in [0.2, 0.25) is 0 Å². The number of nitrogens with one attached hydrogen (secondary N) is 3. The van der Waals surface area contributed by atoms with Gasteiger partial charge in [0, 0.05) is 23.9 Å². The molecule has 0 bridgehead atoms. The van der Waals surface area contributed by atoms with E-state index >= 15 is 0 Å². The first-order valence-corrected chi connectivity index (χ1v) is 12.6. The number of carbonyl (C=O) groups is 3. The summed E-state index contributed by atoms with van der Waals surface area (Å²) in [5.74, 6) is 0.186. The van der Waals surface area contributed by atoms with E-state index in [1.165, 1.54) is 11.1 Å². The number of amidine groups is 1. The minimum Gasteiger partial charge on any atom is -0.457 e. The van der Waals surface area contributed by atoms with E-state index in [9.17, 15) is 14.4 Å². The fraction of sp³-hybridized carbons (Fsp3) is 0.276. The average molecular weight is 529 g/mol. The summed E-state index contributed by atoms with van der Waals surface area (Å²) in [7, 11) is 0. The lowest BCUT2D eigenvalue weighted by atomic mass is 9.90. The fourth-order valence-corrected chi connectivity index (χ4v) is 4.41. The second-order valence-electron chi connectivity index (χ2n) is 10.2. The van der Waals surface area contributed by atoms with Gasteiger partial charge in [-0.3, -0.25) is 24.8 Å². The zero-order valence-electron chi connectivity index (χ0n) is 21.9. The molecular formula is C29H32N6O4. The molecule has 202 valence electrons. The number of aromatic nitrogens is 1. The van der Waals surface area contributed by atoms with Gasteiger partial charge in [-0.15, -0.1) is 0 Å². The molecule has 3 aromatic rings. The summed E-state index contributed by atoms with van der Waals surface area (Å²) >= 11 is 0. The quantitative estimate of drug-likeness (QED) is 0.248. The lowest BCUT2D eigenvalue weighted by molar-refractivity contribution is -0.137. The maximum atomic E-state index is 13.1. The van der Waals surface area contributed by atoms with Crippen LogP contribution in [-0.4, -0.2) is 52.6 Å². The monoisotopic (exact) mass is 528 g/mol. The van der Waals surface area contributed by atoms with Crippen LogP contribution in [-0.2, 0) is 16.1 Å². The molecule has 0 saturated carbocycles. The number of likely N-dealkylation sites (tertiary alicyclic amines) is 1. The Kier molecular flexibility index (Phi) is 8.24. The third-order valence-electron chi connectivity index (χ3n) is 6.42. The number of nitrogens with two attached hydrogens (primary N) is 1. The smallest absolute Gasteiger partial charge is 0.251 e. The number of ether oxygens (including phenoxy) is 1. The molecule has 3 amide bonds. The molecule has 2 heterocycles. The maximum absolute atomic E-state index is 13.1. The van der Waals surface area contributed by atoms with E-state index in [4.69, 9.17) is 15.9 Å². The van der Waals surface area contributed by atoms with Gasteiger partial charge in [0.15, 0.2) is 0 Å². The molecule has 1 aromatic heterocycles. The van der Waals surface area contributed by atoms with Gasteiger partial charge in [0.05, 0.1) is 18.8 Å². The molecule has 1 atom stereocenters. The highest BCUT2D eigenvalue weighted by Gasteiger charge is 2.43. The SMILES string of the molecule is CC1(C)C[C@@H](C(=O)NCc2ccc(C(=N)N)cn2)N(C(=O)CNC(=O)c2ccc(Oc3ccccc3)cc2)C1. The number of benzene rings is 2. The molecule has 4 rings (SSSR count). The Hall–Kier alpha value is -4.73. The average Bonchev–Trinajstić information content (AvgIpc) is 3.27. The van der Waals surface area contributed by atoms with E-state index < -0.39 is 11.9 Å². The van der Waals surface area contributed by atoms with Gasteiger partial charge < -0.3 is 26.0 Å². The molecule has 1 aliphatic rings. The van der Waals surface area contributed by atoms with Crippen LogP contribution in [0, 0.1) is 10.8 Å². The van der Waals surface area contributed by atoms with E-state index in [0.29, 0.717) is 41.3 Å². The van der Waals surface area contributed by atoms with Crippen molar-refractivity contribution < 1.29 is 19.1 Å². The molecule has 1 aliphatic heterocycles. The molecule has 0 radical (unpaired) electrons. The molecule has 10 heteroatoms. The molecule has 10 nitrogen and oxygen atoms in total. The standard InChI is InChI=1S/C29H32N6O4/c1-29(2)14-24(28(38)33-16-21-11-8-20(15-32-21)26(30)31)35(18-29)25(36)17-34-27(37)19-9-12-23(13-10-19)39-22-6-4-3-5-7-22/h3-13,15,24H,14,16-18H2,1-2H3,(H3,30,31)(H,33,38)(H,34,37)/t24-/m0/s1. The Morgan fingerprint density at radius 1 is 1.00 bits per heavy atom. The third-order valence-corrected chi connectivity index (χ3v) is 6.42. The van der Waals surface area contributed by atoms with Crippen LogP contribution in [0.1, 0.15) is 41.9 Å². The summed E-state index contributed by atoms with van der Waals surface area (Å²) in [5, 5.41) is 13.0. The number of rotatable bonds is 9. The highest BCUT2D eigenvalue weighted by atomic mass is 16.5. The molecule has 5 N–H and O–H groups in total. The van der Waals surface area contributed by atoms with Crippen LogP contribution in [0.3, 0.4) is 0 Å². The molecule has 0 unspecified atom stereocenters. The van der Waals surface area contributed by atoms with Crippen molar-refractivity contribution in [2.45, 2.75) is 32.9 Å². The Morgan fingerprint density at radius 3 is 2.31 bits per heavy atom. The Labute approximate surface area is 227 Å². The number of nitrogens with zero attached hydrogens (tertiary/aromatic N) is 2. The van der Waals surface area contributed by atoms with Crippen molar-refractivity contribution in [3.8, 4) is 11.5 Å². The third kappa shape index (κ3) is 7.19. The van der Waals surface area contributed by atoms with Crippen molar-refractivity contribution in [1.29, 1.82) is 5.41 Å². The van der Waals surface area contributed by atoms with Gasteiger partial charge in [-0.25, -0.2) is 0 Å². The Morgan fingerprint density at radius 2 is 1.67 bits per heavy atom. The highest BCUT2D eigenvalue weighted by Crippen LogP contribution is 2.34. The lowest BCUT2D eigenvalue weighted by Crippen LogP contribution is -2.49. The number of para-hydroxylation sites is 1. The van der Waals surface area contributed by atoms with Crippen LogP contribution < -0.4 is 21.1 Å². The van der Waals surface area contributed by atoms with E-state index in [2.05, 4.69) is 15.6 Å². The van der Waals surface area contributed by atoms with Crippen LogP contribution in [0.15, 0.2) is 72.9 Å². The van der Waals surface area contributed by atoms with Crippen molar-refractivity contribution in [3.05, 3.63) is 89.7 Å². The van der Waals surface area contributed by atoms with Crippen molar-refractivity contribution in [2.75, 3.05) is 13.1 Å². The van der Waals surface area contributed by atoms with Crippen molar-refractivity contribution >= 4 is 23.6 Å². The summed E-state index contributed by atoms with van der Waals surface area (Å²) in [5.41, 5.74) is 6.70. The van der Waals surface area contributed by atoms with Gasteiger partial charge in [0.25, 0.3) is 5.91 Å². The molecule has 39 heavy (non-hydrogen) atoms. The molecule has 1 fully saturated rings. The summed E-state index contributed by atoms with van der Waals surface area (Å²) in [6.45, 7) is 4.35. The first kappa shape index (κ1) is 27.3. The van der Waals surface area contributed by atoms with Crippen LogP contribution in [0.5, 0.6) is 11.5 Å². The van der Waals surface area contributed by atoms with Gasteiger partial charge in [0.2, 0.25) is 11.8 Å². The zero-order chi connectivity index (χ0) is 28.0. The highest BCUT2D eigenvalue weighted by molar-refractivity contribution is 5.97. The summed E-state index contributed by atoms with van der Waals surface area (Å²) in [6.07, 6.45) is 1.98. The normalized spacial score (nSPS) is 15.8. The van der Waals surface area contributed by atoms with Gasteiger partial charge in [-0.05, 0) is 60.4 Å². The Balaban J connectivity index is 1.31. The van der Waals surface area contributed by atoms with E-state index in [0.717, 1.165) is 0 Å². The first-order valence-electron chi connectivity index (χ1n) is 12.6. The predicted octanol–water partition coefficient (Wildman–Crippen LogP) is 2.83. The number of hydrogen-bond acceptors (Lipinski definition) is 6. The van der Waals surface area contributed by atoms with E-state index in [-0.39, 0.29) is 36.2 Å². The molecule has 1 saturated heterocycles. The minimum atomic E-state index is -0.657.